The first-order valence-electron chi connectivity index (χ1n) is 5.91. The molecule has 1 aromatic rings. The summed E-state index contributed by atoms with van der Waals surface area (Å²) < 4.78 is 13.7. The lowest BCUT2D eigenvalue weighted by Gasteiger charge is -2.15. The molecule has 4 heteroatoms. The molecule has 0 fully saturated rings. The van der Waals surface area contributed by atoms with E-state index in [-0.39, 0.29) is 10.8 Å². The predicted molar refractivity (Wildman–Crippen MR) is 74.8 cm³/mol. The fraction of sp³-hybridized carbons (Fsp3) is 0.462. The van der Waals surface area contributed by atoms with Gasteiger partial charge in [-0.3, -0.25) is 0 Å². The summed E-state index contributed by atoms with van der Waals surface area (Å²) in [6.07, 6.45) is 2.19. The molecule has 0 bridgehead atoms. The van der Waals surface area contributed by atoms with Crippen LogP contribution in [0.15, 0.2) is 18.2 Å². The minimum Gasteiger partial charge on any atom is -0.389 e. The van der Waals surface area contributed by atoms with Crippen LogP contribution >= 0.6 is 12.2 Å². The fourth-order valence-corrected chi connectivity index (χ4v) is 1.77. The van der Waals surface area contributed by atoms with Crippen LogP contribution in [0.2, 0.25) is 0 Å². The van der Waals surface area contributed by atoms with Crippen LogP contribution in [-0.2, 0) is 0 Å². The van der Waals surface area contributed by atoms with Gasteiger partial charge in [0.15, 0.2) is 0 Å². The van der Waals surface area contributed by atoms with Crippen LogP contribution in [0.3, 0.4) is 0 Å². The van der Waals surface area contributed by atoms with Crippen molar-refractivity contribution < 1.29 is 4.39 Å². The largest absolute Gasteiger partial charge is 0.389 e. The number of benzene rings is 1. The average molecular weight is 254 g/mol. The second kappa shape index (κ2) is 6.55. The van der Waals surface area contributed by atoms with Crippen molar-refractivity contribution in [3.63, 3.8) is 0 Å². The molecule has 0 atom stereocenters. The summed E-state index contributed by atoms with van der Waals surface area (Å²) in [5.74, 6) is 0.269. The van der Waals surface area contributed by atoms with Crippen LogP contribution < -0.4 is 11.1 Å². The van der Waals surface area contributed by atoms with Gasteiger partial charge in [0.25, 0.3) is 0 Å². The Hall–Kier alpha value is -1.16. The molecule has 0 amide bonds. The summed E-state index contributed by atoms with van der Waals surface area (Å²) in [5, 5.41) is 3.12. The Morgan fingerprint density at radius 1 is 1.41 bits per heavy atom. The zero-order valence-electron chi connectivity index (χ0n) is 10.3. The summed E-state index contributed by atoms with van der Waals surface area (Å²) >= 11 is 4.80. The van der Waals surface area contributed by atoms with E-state index in [0.717, 1.165) is 19.4 Å². The SMILES string of the molecule is CCC(CC)CNc1ccc(C(N)=S)cc1F. The Morgan fingerprint density at radius 2 is 2.06 bits per heavy atom. The van der Waals surface area contributed by atoms with Crippen molar-refractivity contribution in [1.82, 2.24) is 0 Å². The number of nitrogens with one attached hydrogen (secondary N) is 1. The highest BCUT2D eigenvalue weighted by atomic mass is 32.1. The quantitative estimate of drug-likeness (QED) is 0.765. The van der Waals surface area contributed by atoms with Gasteiger partial charge in [0.05, 0.1) is 5.69 Å². The molecule has 17 heavy (non-hydrogen) atoms. The molecule has 1 aromatic carbocycles. The first-order valence-corrected chi connectivity index (χ1v) is 6.32. The van der Waals surface area contributed by atoms with Crippen molar-refractivity contribution in [2.45, 2.75) is 26.7 Å². The van der Waals surface area contributed by atoms with E-state index < -0.39 is 0 Å². The van der Waals surface area contributed by atoms with E-state index in [0.29, 0.717) is 17.2 Å². The standard InChI is InChI=1S/C13H19FN2S/c1-3-9(4-2)8-16-12-6-5-10(13(15)17)7-11(12)14/h5-7,9,16H,3-4,8H2,1-2H3,(H2,15,17). The van der Waals surface area contributed by atoms with Gasteiger partial charge in [-0.05, 0) is 24.1 Å². The number of nitrogens with two attached hydrogens (primary N) is 1. The van der Waals surface area contributed by atoms with Crippen molar-refractivity contribution in [2.75, 3.05) is 11.9 Å². The molecule has 0 aliphatic carbocycles. The Labute approximate surface area is 107 Å². The van der Waals surface area contributed by atoms with E-state index in [9.17, 15) is 4.39 Å². The highest BCUT2D eigenvalue weighted by Gasteiger charge is 2.07. The maximum absolute atomic E-state index is 13.7. The number of hydrogen-bond donors (Lipinski definition) is 2. The highest BCUT2D eigenvalue weighted by molar-refractivity contribution is 7.80. The van der Waals surface area contributed by atoms with Crippen LogP contribution in [0.4, 0.5) is 10.1 Å². The van der Waals surface area contributed by atoms with Crippen molar-refractivity contribution >= 4 is 22.9 Å². The molecule has 0 unspecified atom stereocenters. The normalized spacial score (nSPS) is 10.6. The van der Waals surface area contributed by atoms with Gasteiger partial charge < -0.3 is 11.1 Å². The third-order valence-corrected chi connectivity index (χ3v) is 3.23. The zero-order valence-corrected chi connectivity index (χ0v) is 11.1. The van der Waals surface area contributed by atoms with Gasteiger partial charge in [-0.1, -0.05) is 38.9 Å². The maximum atomic E-state index is 13.7. The summed E-state index contributed by atoms with van der Waals surface area (Å²) in [7, 11) is 0. The fourth-order valence-electron chi connectivity index (χ4n) is 1.64. The summed E-state index contributed by atoms with van der Waals surface area (Å²) in [4.78, 5) is 0.218. The average Bonchev–Trinajstić information content (AvgIpc) is 2.31. The Kier molecular flexibility index (Phi) is 5.35. The van der Waals surface area contributed by atoms with E-state index in [1.165, 1.54) is 6.07 Å². The van der Waals surface area contributed by atoms with Crippen LogP contribution in [0.1, 0.15) is 32.3 Å². The third-order valence-electron chi connectivity index (χ3n) is 2.99. The molecule has 0 aliphatic heterocycles. The summed E-state index contributed by atoms with van der Waals surface area (Å²) in [6, 6.07) is 4.80. The first kappa shape index (κ1) is 13.9. The lowest BCUT2D eigenvalue weighted by Crippen LogP contribution is -2.14. The Morgan fingerprint density at radius 3 is 2.53 bits per heavy atom. The van der Waals surface area contributed by atoms with Crippen molar-refractivity contribution in [3.8, 4) is 0 Å². The van der Waals surface area contributed by atoms with E-state index in [4.69, 9.17) is 18.0 Å². The number of thiocarbonyl (C=S) groups is 1. The lowest BCUT2D eigenvalue weighted by molar-refractivity contribution is 0.517. The predicted octanol–water partition coefficient (Wildman–Crippen LogP) is 3.31. The molecular formula is C13H19FN2S. The smallest absolute Gasteiger partial charge is 0.146 e. The van der Waals surface area contributed by atoms with Gasteiger partial charge in [-0.25, -0.2) is 4.39 Å². The molecule has 3 N–H and O–H groups in total. The minimum absolute atomic E-state index is 0.218. The number of halogens is 1. The van der Waals surface area contributed by atoms with Gasteiger partial charge in [0.1, 0.15) is 10.8 Å². The molecule has 0 radical (unpaired) electrons. The van der Waals surface area contributed by atoms with Crippen LogP contribution in [0.5, 0.6) is 0 Å². The van der Waals surface area contributed by atoms with E-state index >= 15 is 0 Å². The Balaban J connectivity index is 2.69. The number of rotatable bonds is 6. The molecule has 1 rings (SSSR count). The van der Waals surface area contributed by atoms with E-state index in [2.05, 4.69) is 19.2 Å². The minimum atomic E-state index is -0.304. The number of hydrogen-bond acceptors (Lipinski definition) is 2. The molecule has 2 nitrogen and oxygen atoms in total. The molecule has 94 valence electrons. The van der Waals surface area contributed by atoms with Gasteiger partial charge in [0.2, 0.25) is 0 Å². The highest BCUT2D eigenvalue weighted by Crippen LogP contribution is 2.17. The van der Waals surface area contributed by atoms with Crippen molar-refractivity contribution in [3.05, 3.63) is 29.6 Å². The Bertz CT molecular complexity index is 389. The summed E-state index contributed by atoms with van der Waals surface area (Å²) in [6.45, 7) is 5.07. The van der Waals surface area contributed by atoms with Gasteiger partial charge in [0, 0.05) is 12.1 Å². The molecule has 0 heterocycles. The maximum Gasteiger partial charge on any atom is 0.146 e. The monoisotopic (exact) mass is 254 g/mol. The zero-order chi connectivity index (χ0) is 12.8. The van der Waals surface area contributed by atoms with Gasteiger partial charge >= 0.3 is 0 Å². The molecular weight excluding hydrogens is 235 g/mol. The van der Waals surface area contributed by atoms with Crippen LogP contribution in [-0.4, -0.2) is 11.5 Å². The van der Waals surface area contributed by atoms with Crippen LogP contribution in [0, 0.1) is 11.7 Å². The van der Waals surface area contributed by atoms with E-state index in [1.807, 2.05) is 0 Å². The number of anilines is 1. The molecule has 0 aromatic heterocycles. The lowest BCUT2D eigenvalue weighted by atomic mass is 10.0. The second-order valence-corrected chi connectivity index (χ2v) is 4.56. The first-order chi connectivity index (χ1) is 8.08. The van der Waals surface area contributed by atoms with Crippen molar-refractivity contribution in [1.29, 1.82) is 0 Å². The van der Waals surface area contributed by atoms with Gasteiger partial charge in [-0.15, -0.1) is 0 Å². The third kappa shape index (κ3) is 3.97. The van der Waals surface area contributed by atoms with Gasteiger partial charge in [-0.2, -0.15) is 0 Å². The summed E-state index contributed by atoms with van der Waals surface area (Å²) in [5.41, 5.74) is 6.51. The molecule has 0 spiro atoms. The molecule has 0 aliphatic rings. The molecule has 0 saturated heterocycles. The van der Waals surface area contributed by atoms with E-state index in [1.54, 1.807) is 12.1 Å². The van der Waals surface area contributed by atoms with Crippen molar-refractivity contribution in [2.24, 2.45) is 11.7 Å². The topological polar surface area (TPSA) is 38.0 Å². The van der Waals surface area contributed by atoms with Crippen LogP contribution in [0.25, 0.3) is 0 Å². The molecule has 0 saturated carbocycles. The second-order valence-electron chi connectivity index (χ2n) is 4.12.